The summed E-state index contributed by atoms with van der Waals surface area (Å²) in [4.78, 5) is 34.9. The van der Waals surface area contributed by atoms with Crippen LogP contribution in [0.15, 0.2) is 42.5 Å². The lowest BCUT2D eigenvalue weighted by Gasteiger charge is -2.28. The summed E-state index contributed by atoms with van der Waals surface area (Å²) in [5.41, 5.74) is 2.19. The Labute approximate surface area is 212 Å². The van der Waals surface area contributed by atoms with Crippen molar-refractivity contribution in [3.05, 3.63) is 59.5 Å². The van der Waals surface area contributed by atoms with Gasteiger partial charge in [0.25, 0.3) is 0 Å². The number of ether oxygens (including phenoxy) is 1. The Morgan fingerprint density at radius 1 is 1.11 bits per heavy atom. The molecule has 3 aromatic rings. The van der Waals surface area contributed by atoms with Gasteiger partial charge in [-0.1, -0.05) is 6.07 Å². The van der Waals surface area contributed by atoms with Crippen LogP contribution in [0.3, 0.4) is 0 Å². The summed E-state index contributed by atoms with van der Waals surface area (Å²) in [5, 5.41) is 17.7. The molecule has 0 atom stereocenters. The van der Waals surface area contributed by atoms with Crippen molar-refractivity contribution < 1.29 is 18.7 Å². The van der Waals surface area contributed by atoms with Gasteiger partial charge in [-0.25, -0.2) is 14.8 Å². The Morgan fingerprint density at radius 3 is 2.49 bits per heavy atom. The molecule has 37 heavy (non-hydrogen) atoms. The number of carbonyl (C=O) groups is 2. The summed E-state index contributed by atoms with van der Waals surface area (Å²) < 4.78 is 20.1. The first kappa shape index (κ1) is 24.1. The normalized spacial score (nSPS) is 15.9. The standard InChI is InChI=1S/C26H24FN7O3/c1-26(2)18-8-7-17(13-19(18)32-24(26)35)30-25(36)29-16-5-3-15(4-6-16)22-31-20(14-28)21(27)23(33-22)34-9-11-37-12-10-34/h3-8,13H,9-12H2,1-2H3,(H,32,35)(H2,29,30,36). The van der Waals surface area contributed by atoms with E-state index in [9.17, 15) is 19.2 Å². The molecule has 3 N–H and O–H groups in total. The maximum Gasteiger partial charge on any atom is 0.323 e. The summed E-state index contributed by atoms with van der Waals surface area (Å²) in [7, 11) is 0. The molecule has 2 aliphatic heterocycles. The van der Waals surface area contributed by atoms with Crippen molar-refractivity contribution in [2.75, 3.05) is 47.2 Å². The van der Waals surface area contributed by atoms with E-state index in [1.807, 2.05) is 19.9 Å². The maximum atomic E-state index is 14.8. The van der Waals surface area contributed by atoms with E-state index in [0.717, 1.165) is 5.56 Å². The van der Waals surface area contributed by atoms with Gasteiger partial charge in [0.2, 0.25) is 11.7 Å². The first-order chi connectivity index (χ1) is 17.8. The number of nitrogens with zero attached hydrogens (tertiary/aromatic N) is 4. The molecule has 2 aromatic carbocycles. The van der Waals surface area contributed by atoms with Crippen LogP contribution in [0.25, 0.3) is 11.4 Å². The first-order valence-electron chi connectivity index (χ1n) is 11.7. The minimum Gasteiger partial charge on any atom is -0.378 e. The molecule has 188 valence electrons. The number of fused-ring (bicyclic) bond motifs is 1. The zero-order valence-electron chi connectivity index (χ0n) is 20.3. The van der Waals surface area contributed by atoms with Gasteiger partial charge in [0.05, 0.1) is 18.6 Å². The van der Waals surface area contributed by atoms with E-state index in [1.54, 1.807) is 47.4 Å². The highest BCUT2D eigenvalue weighted by molar-refractivity contribution is 6.07. The lowest BCUT2D eigenvalue weighted by molar-refractivity contribution is -0.119. The molecule has 0 spiro atoms. The van der Waals surface area contributed by atoms with Crippen LogP contribution in [0.1, 0.15) is 25.1 Å². The van der Waals surface area contributed by atoms with Crippen molar-refractivity contribution in [3.63, 3.8) is 0 Å². The fourth-order valence-electron chi connectivity index (χ4n) is 4.29. The number of hydrogen-bond acceptors (Lipinski definition) is 7. The minimum atomic E-state index is -0.752. The van der Waals surface area contributed by atoms with Gasteiger partial charge >= 0.3 is 6.03 Å². The van der Waals surface area contributed by atoms with Gasteiger partial charge in [0, 0.05) is 35.7 Å². The van der Waals surface area contributed by atoms with E-state index in [4.69, 9.17) is 4.74 Å². The fourth-order valence-corrected chi connectivity index (χ4v) is 4.29. The van der Waals surface area contributed by atoms with Gasteiger partial charge in [-0.15, -0.1) is 0 Å². The second-order valence-electron chi connectivity index (χ2n) is 9.24. The molecule has 11 heteroatoms. The van der Waals surface area contributed by atoms with Crippen molar-refractivity contribution in [2.45, 2.75) is 19.3 Å². The number of nitrogens with one attached hydrogen (secondary N) is 3. The van der Waals surface area contributed by atoms with Gasteiger partial charge in [-0.3, -0.25) is 4.79 Å². The van der Waals surface area contributed by atoms with Crippen molar-refractivity contribution in [3.8, 4) is 17.5 Å². The molecule has 3 amide bonds. The molecule has 1 fully saturated rings. The van der Waals surface area contributed by atoms with Crippen LogP contribution in [0.5, 0.6) is 0 Å². The van der Waals surface area contributed by atoms with E-state index in [2.05, 4.69) is 25.9 Å². The number of anilines is 4. The monoisotopic (exact) mass is 501 g/mol. The van der Waals surface area contributed by atoms with E-state index >= 15 is 0 Å². The van der Waals surface area contributed by atoms with Crippen molar-refractivity contribution in [1.82, 2.24) is 9.97 Å². The Balaban J connectivity index is 1.30. The zero-order valence-corrected chi connectivity index (χ0v) is 20.3. The number of urea groups is 1. The molecule has 5 rings (SSSR count). The lowest BCUT2D eigenvalue weighted by Crippen LogP contribution is -2.37. The van der Waals surface area contributed by atoms with Gasteiger partial charge < -0.3 is 25.6 Å². The molecule has 0 saturated carbocycles. The van der Waals surface area contributed by atoms with E-state index in [1.165, 1.54) is 0 Å². The SMILES string of the molecule is CC1(C)C(=O)Nc2cc(NC(=O)Nc3ccc(-c4nc(C#N)c(F)c(N5CCOCC5)n4)cc3)ccc21. The van der Waals surface area contributed by atoms with Crippen molar-refractivity contribution in [2.24, 2.45) is 0 Å². The highest BCUT2D eigenvalue weighted by Crippen LogP contribution is 2.38. The van der Waals surface area contributed by atoms with Crippen LogP contribution in [-0.4, -0.2) is 48.2 Å². The quantitative estimate of drug-likeness (QED) is 0.494. The van der Waals surface area contributed by atoms with Crippen molar-refractivity contribution >= 4 is 34.8 Å². The van der Waals surface area contributed by atoms with Crippen LogP contribution < -0.4 is 20.9 Å². The smallest absolute Gasteiger partial charge is 0.323 e. The number of benzene rings is 2. The summed E-state index contributed by atoms with van der Waals surface area (Å²) in [5.74, 6) is -0.565. The largest absolute Gasteiger partial charge is 0.378 e. The first-order valence-corrected chi connectivity index (χ1v) is 11.7. The number of hydrogen-bond donors (Lipinski definition) is 3. The second kappa shape index (κ2) is 9.48. The number of carbonyl (C=O) groups excluding carboxylic acids is 2. The van der Waals surface area contributed by atoms with Gasteiger partial charge in [-0.2, -0.15) is 9.65 Å². The Kier molecular flexibility index (Phi) is 6.19. The third-order valence-corrected chi connectivity index (χ3v) is 6.42. The predicted octanol–water partition coefficient (Wildman–Crippen LogP) is 3.86. The van der Waals surface area contributed by atoms with Crippen LogP contribution in [0.2, 0.25) is 0 Å². The number of nitriles is 1. The average Bonchev–Trinajstić information content (AvgIpc) is 3.12. The number of aromatic nitrogens is 2. The third-order valence-electron chi connectivity index (χ3n) is 6.42. The molecular formula is C26H24FN7O3. The summed E-state index contributed by atoms with van der Waals surface area (Å²) in [6.07, 6.45) is 0. The van der Waals surface area contributed by atoms with Crippen LogP contribution >= 0.6 is 0 Å². The van der Waals surface area contributed by atoms with Crippen LogP contribution in [-0.2, 0) is 14.9 Å². The lowest BCUT2D eigenvalue weighted by atomic mass is 9.86. The molecular weight excluding hydrogens is 477 g/mol. The summed E-state index contributed by atoms with van der Waals surface area (Å²) in [6.45, 7) is 5.51. The van der Waals surface area contributed by atoms with E-state index in [-0.39, 0.29) is 23.2 Å². The summed E-state index contributed by atoms with van der Waals surface area (Å²) >= 11 is 0. The van der Waals surface area contributed by atoms with Crippen molar-refractivity contribution in [1.29, 1.82) is 5.26 Å². The third kappa shape index (κ3) is 4.66. The molecule has 0 radical (unpaired) electrons. The molecule has 10 nitrogen and oxygen atoms in total. The highest BCUT2D eigenvalue weighted by Gasteiger charge is 2.38. The average molecular weight is 502 g/mol. The maximum absolute atomic E-state index is 14.8. The molecule has 3 heterocycles. The number of morpholine rings is 1. The minimum absolute atomic E-state index is 0.0698. The van der Waals surface area contributed by atoms with E-state index < -0.39 is 17.3 Å². The molecule has 2 aliphatic rings. The highest BCUT2D eigenvalue weighted by atomic mass is 19.1. The number of halogens is 1. The number of rotatable bonds is 4. The van der Waals surface area contributed by atoms with Crippen LogP contribution in [0, 0.1) is 17.1 Å². The Hall–Kier alpha value is -4.56. The Morgan fingerprint density at radius 2 is 1.78 bits per heavy atom. The topological polar surface area (TPSA) is 132 Å². The zero-order chi connectivity index (χ0) is 26.2. The molecule has 1 aromatic heterocycles. The second-order valence-corrected chi connectivity index (χ2v) is 9.24. The predicted molar refractivity (Wildman–Crippen MR) is 136 cm³/mol. The van der Waals surface area contributed by atoms with Gasteiger partial charge in [-0.05, 0) is 55.8 Å². The van der Waals surface area contributed by atoms with Gasteiger partial charge in [0.15, 0.2) is 17.3 Å². The fraction of sp³-hybridized carbons (Fsp3) is 0.269. The molecule has 0 aliphatic carbocycles. The van der Waals surface area contributed by atoms with Crippen LogP contribution in [0.4, 0.5) is 32.1 Å². The number of amides is 3. The Bertz CT molecular complexity index is 1430. The molecule has 0 unspecified atom stereocenters. The van der Waals surface area contributed by atoms with Gasteiger partial charge in [0.1, 0.15) is 6.07 Å². The van der Waals surface area contributed by atoms with E-state index in [0.29, 0.717) is 48.9 Å². The molecule has 0 bridgehead atoms. The molecule has 1 saturated heterocycles. The summed E-state index contributed by atoms with van der Waals surface area (Å²) in [6, 6.07) is 13.3.